The molecule has 6 nitrogen and oxygen atoms in total. The van der Waals surface area contributed by atoms with Gasteiger partial charge in [-0.2, -0.15) is 0 Å². The van der Waals surface area contributed by atoms with Crippen LogP contribution in [0.15, 0.2) is 36.0 Å². The Bertz CT molecular complexity index is 490. The SMILES string of the molecule is CC(=O)Nc1ccc(OCCOC(=O)/C=C(/C)N)cc1. The predicted molar refractivity (Wildman–Crippen MR) is 75.1 cm³/mol. The number of rotatable bonds is 6. The van der Waals surface area contributed by atoms with Gasteiger partial charge in [0, 0.05) is 24.4 Å². The van der Waals surface area contributed by atoms with Gasteiger partial charge in [-0.25, -0.2) is 4.79 Å². The molecule has 0 aliphatic rings. The van der Waals surface area contributed by atoms with E-state index in [-0.39, 0.29) is 19.1 Å². The molecule has 0 atom stereocenters. The van der Waals surface area contributed by atoms with Gasteiger partial charge < -0.3 is 20.5 Å². The van der Waals surface area contributed by atoms with E-state index in [1.54, 1.807) is 31.2 Å². The second-order valence-corrected chi connectivity index (χ2v) is 4.11. The molecule has 6 heteroatoms. The number of hydrogen-bond donors (Lipinski definition) is 2. The van der Waals surface area contributed by atoms with Crippen LogP contribution in [0.5, 0.6) is 5.75 Å². The van der Waals surface area contributed by atoms with Gasteiger partial charge in [0.25, 0.3) is 0 Å². The maximum atomic E-state index is 11.1. The minimum Gasteiger partial charge on any atom is -0.490 e. The summed E-state index contributed by atoms with van der Waals surface area (Å²) in [5, 5.41) is 2.65. The summed E-state index contributed by atoms with van der Waals surface area (Å²) in [7, 11) is 0. The standard InChI is InChI=1S/C14H18N2O4/c1-10(15)9-14(18)20-8-7-19-13-5-3-12(4-6-13)16-11(2)17/h3-6,9H,7-8,15H2,1-2H3,(H,16,17)/b10-9-. The van der Waals surface area contributed by atoms with Crippen LogP contribution in [0.25, 0.3) is 0 Å². The molecule has 20 heavy (non-hydrogen) atoms. The molecule has 0 saturated heterocycles. The molecule has 0 fully saturated rings. The highest BCUT2D eigenvalue weighted by Gasteiger charge is 2.00. The first-order valence-electron chi connectivity index (χ1n) is 6.08. The molecule has 0 aromatic heterocycles. The van der Waals surface area contributed by atoms with E-state index in [1.165, 1.54) is 13.0 Å². The summed E-state index contributed by atoms with van der Waals surface area (Å²) >= 11 is 0. The Kier molecular flexibility index (Phi) is 6.09. The molecule has 0 unspecified atom stereocenters. The number of anilines is 1. The molecule has 3 N–H and O–H groups in total. The van der Waals surface area contributed by atoms with Gasteiger partial charge in [-0.05, 0) is 31.2 Å². The average molecular weight is 278 g/mol. The quantitative estimate of drug-likeness (QED) is 0.466. The van der Waals surface area contributed by atoms with Gasteiger partial charge in [0.15, 0.2) is 0 Å². The molecule has 0 radical (unpaired) electrons. The molecule has 0 aliphatic heterocycles. The van der Waals surface area contributed by atoms with Crippen molar-refractivity contribution in [2.75, 3.05) is 18.5 Å². The summed E-state index contributed by atoms with van der Waals surface area (Å²) in [4.78, 5) is 22.0. The van der Waals surface area contributed by atoms with E-state index < -0.39 is 5.97 Å². The van der Waals surface area contributed by atoms with Crippen molar-refractivity contribution in [2.45, 2.75) is 13.8 Å². The molecule has 0 bridgehead atoms. The number of allylic oxidation sites excluding steroid dienone is 1. The summed E-state index contributed by atoms with van der Waals surface area (Å²) in [5.74, 6) is 0.00383. The van der Waals surface area contributed by atoms with Crippen LogP contribution in [-0.4, -0.2) is 25.1 Å². The Morgan fingerprint density at radius 1 is 1.20 bits per heavy atom. The fourth-order valence-electron chi connectivity index (χ4n) is 1.37. The lowest BCUT2D eigenvalue weighted by Gasteiger charge is -2.07. The third-order valence-electron chi connectivity index (χ3n) is 2.12. The van der Waals surface area contributed by atoms with Crippen LogP contribution < -0.4 is 15.8 Å². The third-order valence-corrected chi connectivity index (χ3v) is 2.12. The number of carbonyl (C=O) groups excluding carboxylic acids is 2. The van der Waals surface area contributed by atoms with E-state index in [0.717, 1.165) is 0 Å². The smallest absolute Gasteiger partial charge is 0.332 e. The van der Waals surface area contributed by atoms with Crippen molar-refractivity contribution in [1.29, 1.82) is 0 Å². The number of carbonyl (C=O) groups is 2. The van der Waals surface area contributed by atoms with E-state index in [9.17, 15) is 9.59 Å². The second kappa shape index (κ2) is 7.83. The molecule has 108 valence electrons. The van der Waals surface area contributed by atoms with Crippen molar-refractivity contribution >= 4 is 17.6 Å². The van der Waals surface area contributed by atoms with Gasteiger partial charge in [-0.3, -0.25) is 4.79 Å². The molecule has 0 aliphatic carbocycles. The molecule has 1 amide bonds. The zero-order valence-electron chi connectivity index (χ0n) is 11.5. The average Bonchev–Trinajstić information content (AvgIpc) is 2.35. The lowest BCUT2D eigenvalue weighted by atomic mass is 10.3. The first-order valence-corrected chi connectivity index (χ1v) is 6.08. The Morgan fingerprint density at radius 2 is 1.85 bits per heavy atom. The minimum atomic E-state index is -0.491. The Hall–Kier alpha value is -2.50. The van der Waals surface area contributed by atoms with Gasteiger partial charge in [0.1, 0.15) is 19.0 Å². The zero-order valence-corrected chi connectivity index (χ0v) is 11.5. The van der Waals surface area contributed by atoms with Gasteiger partial charge in [-0.1, -0.05) is 0 Å². The van der Waals surface area contributed by atoms with Crippen LogP contribution in [0.3, 0.4) is 0 Å². The Labute approximate surface area is 117 Å². The number of esters is 1. The number of benzene rings is 1. The summed E-state index contributed by atoms with van der Waals surface area (Å²) in [6.07, 6.45) is 1.21. The number of hydrogen-bond acceptors (Lipinski definition) is 5. The second-order valence-electron chi connectivity index (χ2n) is 4.11. The lowest BCUT2D eigenvalue weighted by Crippen LogP contribution is -2.11. The number of amides is 1. The van der Waals surface area contributed by atoms with Crippen LogP contribution in [0.1, 0.15) is 13.8 Å². The highest BCUT2D eigenvalue weighted by atomic mass is 16.6. The molecule has 0 spiro atoms. The third kappa shape index (κ3) is 6.44. The summed E-state index contributed by atoms with van der Waals surface area (Å²) in [6.45, 7) is 3.42. The van der Waals surface area contributed by atoms with E-state index in [4.69, 9.17) is 15.2 Å². The van der Waals surface area contributed by atoms with Crippen LogP contribution in [-0.2, 0) is 14.3 Å². The van der Waals surface area contributed by atoms with Crippen molar-refractivity contribution in [3.8, 4) is 5.75 Å². The van der Waals surface area contributed by atoms with E-state index in [1.807, 2.05) is 0 Å². The highest BCUT2D eigenvalue weighted by molar-refractivity contribution is 5.88. The number of nitrogens with two attached hydrogens (primary N) is 1. The first-order chi connectivity index (χ1) is 9.47. The van der Waals surface area contributed by atoms with E-state index in [2.05, 4.69) is 5.32 Å². The molecule has 1 aromatic rings. The maximum Gasteiger partial charge on any atom is 0.332 e. The van der Waals surface area contributed by atoms with Gasteiger partial charge >= 0.3 is 5.97 Å². The topological polar surface area (TPSA) is 90.6 Å². The molecule has 0 heterocycles. The van der Waals surface area contributed by atoms with Crippen LogP contribution in [0.4, 0.5) is 5.69 Å². The minimum absolute atomic E-state index is 0.131. The fraction of sp³-hybridized carbons (Fsp3) is 0.286. The van der Waals surface area contributed by atoms with Crippen molar-refractivity contribution in [3.63, 3.8) is 0 Å². The van der Waals surface area contributed by atoms with Crippen molar-refractivity contribution in [3.05, 3.63) is 36.0 Å². The molecule has 0 saturated carbocycles. The number of nitrogens with one attached hydrogen (secondary N) is 1. The molecule has 1 aromatic carbocycles. The van der Waals surface area contributed by atoms with E-state index >= 15 is 0 Å². The molecular formula is C14H18N2O4. The van der Waals surface area contributed by atoms with E-state index in [0.29, 0.717) is 17.1 Å². The van der Waals surface area contributed by atoms with Crippen LogP contribution >= 0.6 is 0 Å². The summed E-state index contributed by atoms with van der Waals surface area (Å²) in [5.41, 5.74) is 6.42. The largest absolute Gasteiger partial charge is 0.490 e. The summed E-state index contributed by atoms with van der Waals surface area (Å²) < 4.78 is 10.3. The maximum absolute atomic E-state index is 11.1. The van der Waals surface area contributed by atoms with Crippen molar-refractivity contribution in [2.24, 2.45) is 5.73 Å². The van der Waals surface area contributed by atoms with Crippen LogP contribution in [0.2, 0.25) is 0 Å². The normalized spacial score (nSPS) is 10.8. The highest BCUT2D eigenvalue weighted by Crippen LogP contribution is 2.15. The monoisotopic (exact) mass is 278 g/mol. The van der Waals surface area contributed by atoms with Gasteiger partial charge in [0.2, 0.25) is 5.91 Å². The Balaban J connectivity index is 2.30. The van der Waals surface area contributed by atoms with Gasteiger partial charge in [0.05, 0.1) is 0 Å². The number of ether oxygens (including phenoxy) is 2. The molecule has 1 rings (SSSR count). The Morgan fingerprint density at radius 3 is 2.40 bits per heavy atom. The predicted octanol–water partition coefficient (Wildman–Crippen LogP) is 1.43. The van der Waals surface area contributed by atoms with Crippen LogP contribution in [0, 0.1) is 0 Å². The molecular weight excluding hydrogens is 260 g/mol. The fourth-order valence-corrected chi connectivity index (χ4v) is 1.37. The van der Waals surface area contributed by atoms with Crippen molar-refractivity contribution < 1.29 is 19.1 Å². The van der Waals surface area contributed by atoms with Crippen molar-refractivity contribution in [1.82, 2.24) is 0 Å². The zero-order chi connectivity index (χ0) is 15.0. The first kappa shape index (κ1) is 15.6. The lowest BCUT2D eigenvalue weighted by molar-refractivity contribution is -0.138. The van der Waals surface area contributed by atoms with Gasteiger partial charge in [-0.15, -0.1) is 0 Å². The summed E-state index contributed by atoms with van der Waals surface area (Å²) in [6, 6.07) is 6.89.